The Morgan fingerprint density at radius 2 is 1.94 bits per heavy atom. The molecule has 1 aromatic carbocycles. The summed E-state index contributed by atoms with van der Waals surface area (Å²) in [6, 6.07) is 10.1. The van der Waals surface area contributed by atoms with Crippen LogP contribution < -0.4 is 0 Å². The van der Waals surface area contributed by atoms with E-state index in [-0.39, 0.29) is 11.8 Å². The van der Waals surface area contributed by atoms with Gasteiger partial charge < -0.3 is 4.90 Å². The molecule has 0 N–H and O–H groups in total. The predicted octanol–water partition coefficient (Wildman–Crippen LogP) is 3.07. The molecule has 0 saturated heterocycles. The van der Waals surface area contributed by atoms with Gasteiger partial charge in [-0.1, -0.05) is 60.1 Å². The Kier molecular flexibility index (Phi) is 5.53. The van der Waals surface area contributed by atoms with E-state index >= 15 is 0 Å². The van der Waals surface area contributed by atoms with Gasteiger partial charge in [-0.05, 0) is 5.56 Å². The number of halogens is 1. The molecular formula is C13H18BrNO. The summed E-state index contributed by atoms with van der Waals surface area (Å²) < 4.78 is 0. The van der Waals surface area contributed by atoms with E-state index in [1.807, 2.05) is 36.9 Å². The molecule has 0 spiro atoms. The second kappa shape index (κ2) is 6.69. The van der Waals surface area contributed by atoms with Crippen molar-refractivity contribution in [3.63, 3.8) is 0 Å². The van der Waals surface area contributed by atoms with Gasteiger partial charge in [-0.2, -0.15) is 0 Å². The zero-order valence-electron chi connectivity index (χ0n) is 9.82. The molecule has 0 atom stereocenters. The third kappa shape index (κ3) is 3.97. The topological polar surface area (TPSA) is 20.3 Å². The van der Waals surface area contributed by atoms with Gasteiger partial charge >= 0.3 is 0 Å². The lowest BCUT2D eigenvalue weighted by molar-refractivity contribution is -0.134. The summed E-state index contributed by atoms with van der Waals surface area (Å²) in [6.45, 7) is 5.33. The molecule has 0 aliphatic rings. The Morgan fingerprint density at radius 3 is 2.44 bits per heavy atom. The first-order valence-electron chi connectivity index (χ1n) is 5.54. The Balaban J connectivity index is 2.68. The van der Waals surface area contributed by atoms with Crippen LogP contribution in [0, 0.1) is 5.92 Å². The molecule has 0 aromatic heterocycles. The molecule has 1 amide bonds. The fraction of sp³-hybridized carbons (Fsp3) is 0.462. The molecule has 1 rings (SSSR count). The van der Waals surface area contributed by atoms with Crippen LogP contribution in [0.25, 0.3) is 0 Å². The molecular weight excluding hydrogens is 266 g/mol. The third-order valence-electron chi connectivity index (χ3n) is 2.38. The van der Waals surface area contributed by atoms with Gasteiger partial charge in [-0.3, -0.25) is 4.79 Å². The molecule has 3 heteroatoms. The Bertz CT molecular complexity index is 324. The van der Waals surface area contributed by atoms with Crippen LogP contribution in [0.15, 0.2) is 30.3 Å². The van der Waals surface area contributed by atoms with E-state index in [9.17, 15) is 4.79 Å². The van der Waals surface area contributed by atoms with Crippen LogP contribution in [0.5, 0.6) is 0 Å². The molecule has 0 aliphatic heterocycles. The summed E-state index contributed by atoms with van der Waals surface area (Å²) in [5.74, 6) is 0.270. The van der Waals surface area contributed by atoms with E-state index in [2.05, 4.69) is 28.1 Å². The molecule has 0 saturated carbocycles. The number of alkyl halides is 1. The number of nitrogens with zero attached hydrogens (tertiary/aromatic N) is 1. The van der Waals surface area contributed by atoms with Gasteiger partial charge in [0.05, 0.1) is 0 Å². The van der Waals surface area contributed by atoms with Crippen LogP contribution >= 0.6 is 15.9 Å². The van der Waals surface area contributed by atoms with Crippen LogP contribution in [0.1, 0.15) is 19.4 Å². The lowest BCUT2D eigenvalue weighted by atomic mass is 10.1. The van der Waals surface area contributed by atoms with Crippen LogP contribution in [-0.2, 0) is 11.3 Å². The summed E-state index contributed by atoms with van der Waals surface area (Å²) in [5, 5.41) is 0.818. The van der Waals surface area contributed by atoms with E-state index in [0.717, 1.165) is 11.9 Å². The van der Waals surface area contributed by atoms with E-state index in [0.29, 0.717) is 6.54 Å². The Hall–Kier alpha value is -0.830. The Morgan fingerprint density at radius 1 is 1.31 bits per heavy atom. The number of hydrogen-bond acceptors (Lipinski definition) is 1. The van der Waals surface area contributed by atoms with Crippen molar-refractivity contribution >= 4 is 21.8 Å². The minimum atomic E-state index is 0.0581. The molecule has 1 aromatic rings. The van der Waals surface area contributed by atoms with Crippen molar-refractivity contribution in [2.45, 2.75) is 20.4 Å². The van der Waals surface area contributed by atoms with E-state index in [1.54, 1.807) is 0 Å². The van der Waals surface area contributed by atoms with Gasteiger partial charge in [0.15, 0.2) is 0 Å². The number of rotatable bonds is 5. The average Bonchev–Trinajstić information content (AvgIpc) is 2.29. The van der Waals surface area contributed by atoms with Gasteiger partial charge in [-0.15, -0.1) is 0 Å². The minimum absolute atomic E-state index is 0.0581. The zero-order valence-corrected chi connectivity index (χ0v) is 11.4. The van der Waals surface area contributed by atoms with Crippen LogP contribution in [0.3, 0.4) is 0 Å². The van der Waals surface area contributed by atoms with E-state index in [1.165, 1.54) is 5.56 Å². The highest BCUT2D eigenvalue weighted by Crippen LogP contribution is 2.09. The number of carbonyl (C=O) groups is 1. The molecule has 0 bridgehead atoms. The van der Waals surface area contributed by atoms with Crippen molar-refractivity contribution in [1.82, 2.24) is 4.90 Å². The van der Waals surface area contributed by atoms with Gasteiger partial charge in [0.25, 0.3) is 0 Å². The van der Waals surface area contributed by atoms with Gasteiger partial charge in [0.2, 0.25) is 5.91 Å². The van der Waals surface area contributed by atoms with Crippen LogP contribution in [-0.4, -0.2) is 22.7 Å². The average molecular weight is 284 g/mol. The largest absolute Gasteiger partial charge is 0.337 e. The number of hydrogen-bond donors (Lipinski definition) is 0. The number of benzene rings is 1. The van der Waals surface area contributed by atoms with Crippen molar-refractivity contribution in [1.29, 1.82) is 0 Å². The van der Waals surface area contributed by atoms with E-state index < -0.39 is 0 Å². The zero-order chi connectivity index (χ0) is 12.0. The second-order valence-electron chi connectivity index (χ2n) is 4.09. The maximum absolute atomic E-state index is 11.9. The molecule has 0 radical (unpaired) electrons. The van der Waals surface area contributed by atoms with Crippen LogP contribution in [0.2, 0.25) is 0 Å². The number of amides is 1. The lowest BCUT2D eigenvalue weighted by Gasteiger charge is -2.23. The van der Waals surface area contributed by atoms with Crippen molar-refractivity contribution in [3.8, 4) is 0 Å². The standard InChI is InChI=1S/C13H18BrNO/c1-11(2)13(16)15(9-8-14)10-12-6-4-3-5-7-12/h3-7,11H,8-10H2,1-2H3. The van der Waals surface area contributed by atoms with Crippen molar-refractivity contribution in [2.24, 2.45) is 5.92 Å². The summed E-state index contributed by atoms with van der Waals surface area (Å²) in [6.07, 6.45) is 0. The number of carbonyl (C=O) groups excluding carboxylic acids is 1. The molecule has 0 fully saturated rings. The highest BCUT2D eigenvalue weighted by atomic mass is 79.9. The van der Waals surface area contributed by atoms with Gasteiger partial charge in [0.1, 0.15) is 0 Å². The summed E-state index contributed by atoms with van der Waals surface area (Å²) in [4.78, 5) is 13.8. The minimum Gasteiger partial charge on any atom is -0.337 e. The first-order chi connectivity index (χ1) is 7.65. The highest BCUT2D eigenvalue weighted by Gasteiger charge is 2.16. The molecule has 0 aliphatic carbocycles. The van der Waals surface area contributed by atoms with Gasteiger partial charge in [0, 0.05) is 24.3 Å². The second-order valence-corrected chi connectivity index (χ2v) is 4.88. The highest BCUT2D eigenvalue weighted by molar-refractivity contribution is 9.09. The first kappa shape index (κ1) is 13.2. The smallest absolute Gasteiger partial charge is 0.225 e. The Labute approximate surface area is 106 Å². The fourth-order valence-electron chi connectivity index (χ4n) is 1.54. The van der Waals surface area contributed by atoms with Gasteiger partial charge in [-0.25, -0.2) is 0 Å². The SMILES string of the molecule is CC(C)C(=O)N(CCBr)Cc1ccccc1. The van der Waals surface area contributed by atoms with Crippen molar-refractivity contribution in [3.05, 3.63) is 35.9 Å². The fourth-order valence-corrected chi connectivity index (χ4v) is 1.97. The molecule has 88 valence electrons. The first-order valence-corrected chi connectivity index (χ1v) is 6.66. The van der Waals surface area contributed by atoms with Crippen molar-refractivity contribution in [2.75, 3.05) is 11.9 Å². The van der Waals surface area contributed by atoms with Crippen molar-refractivity contribution < 1.29 is 4.79 Å². The summed E-state index contributed by atoms with van der Waals surface area (Å²) >= 11 is 3.39. The monoisotopic (exact) mass is 283 g/mol. The van der Waals surface area contributed by atoms with Crippen LogP contribution in [0.4, 0.5) is 0 Å². The summed E-state index contributed by atoms with van der Waals surface area (Å²) in [7, 11) is 0. The maximum atomic E-state index is 11.9. The molecule has 0 heterocycles. The quantitative estimate of drug-likeness (QED) is 0.761. The molecule has 16 heavy (non-hydrogen) atoms. The normalized spacial score (nSPS) is 10.5. The predicted molar refractivity (Wildman–Crippen MR) is 70.5 cm³/mol. The molecule has 0 unspecified atom stereocenters. The third-order valence-corrected chi connectivity index (χ3v) is 2.73. The van der Waals surface area contributed by atoms with E-state index in [4.69, 9.17) is 0 Å². The maximum Gasteiger partial charge on any atom is 0.225 e. The summed E-state index contributed by atoms with van der Waals surface area (Å²) in [5.41, 5.74) is 1.18. The lowest BCUT2D eigenvalue weighted by Crippen LogP contribution is -2.35. The molecule has 2 nitrogen and oxygen atoms in total.